The molecule has 118 valence electrons. The minimum atomic E-state index is -1.35. The van der Waals surface area contributed by atoms with Gasteiger partial charge in [0.2, 0.25) is 5.91 Å². The van der Waals surface area contributed by atoms with Crippen molar-refractivity contribution in [2.24, 2.45) is 0 Å². The van der Waals surface area contributed by atoms with Crippen LogP contribution < -0.4 is 15.7 Å². The highest BCUT2D eigenvalue weighted by Crippen LogP contribution is 2.22. The van der Waals surface area contributed by atoms with Crippen molar-refractivity contribution in [1.29, 1.82) is 0 Å². The first-order valence-corrected chi connectivity index (χ1v) is 7.09. The molecule has 0 aliphatic rings. The molecule has 2 N–H and O–H groups in total. The molecule has 0 atom stereocenters. The number of benzene rings is 1. The van der Waals surface area contributed by atoms with Crippen LogP contribution in [0.4, 0.5) is 5.69 Å². The minimum absolute atomic E-state index is 0.0310. The third-order valence-corrected chi connectivity index (χ3v) is 3.16. The van der Waals surface area contributed by atoms with E-state index in [1.54, 1.807) is 12.1 Å². The third-order valence-electron chi connectivity index (χ3n) is 2.63. The topological polar surface area (TPSA) is 94.4 Å². The molecule has 1 aromatic carbocycles. The number of anilines is 1. The molecular formula is C15H10ClN2O4S-. The number of nitrogens with one attached hydrogen (secondary N) is 2. The quantitative estimate of drug-likeness (QED) is 0.646. The van der Waals surface area contributed by atoms with E-state index in [-0.39, 0.29) is 21.4 Å². The van der Waals surface area contributed by atoms with Gasteiger partial charge in [-0.1, -0.05) is 17.7 Å². The van der Waals surface area contributed by atoms with Crippen LogP contribution in [0, 0.1) is 0 Å². The molecule has 2 rings (SSSR count). The molecule has 1 heterocycles. The number of aromatic carboxylic acids is 1. The van der Waals surface area contributed by atoms with Gasteiger partial charge in [-0.15, -0.1) is 0 Å². The Balaban J connectivity index is 1.98. The minimum Gasteiger partial charge on any atom is -0.545 e. The number of halogens is 1. The SMILES string of the molecule is O=C(/C=C/c1ccco1)NC(=S)Nc1cc(C(=O)[O-])ccc1Cl. The second-order valence-corrected chi connectivity index (χ2v) is 5.09. The molecule has 0 fully saturated rings. The Bertz CT molecular complexity index is 772. The molecule has 1 amide bonds. The number of hydrogen-bond acceptors (Lipinski definition) is 5. The summed E-state index contributed by atoms with van der Waals surface area (Å²) in [5, 5.41) is 16.1. The number of carbonyl (C=O) groups excluding carboxylic acids is 2. The predicted molar refractivity (Wildman–Crippen MR) is 87.9 cm³/mol. The molecule has 0 aliphatic carbocycles. The van der Waals surface area contributed by atoms with Crippen molar-refractivity contribution in [3.63, 3.8) is 0 Å². The van der Waals surface area contributed by atoms with Gasteiger partial charge in [0.1, 0.15) is 5.76 Å². The normalized spacial score (nSPS) is 10.5. The molecule has 0 unspecified atom stereocenters. The average Bonchev–Trinajstić information content (AvgIpc) is 3.00. The summed E-state index contributed by atoms with van der Waals surface area (Å²) in [4.78, 5) is 22.5. The fraction of sp³-hybridized carbons (Fsp3) is 0. The predicted octanol–water partition coefficient (Wildman–Crippen LogP) is 1.82. The lowest BCUT2D eigenvalue weighted by Gasteiger charge is -2.12. The fourth-order valence-corrected chi connectivity index (χ4v) is 1.97. The molecule has 6 nitrogen and oxygen atoms in total. The Labute approximate surface area is 141 Å². The molecule has 2 aromatic rings. The molecule has 0 bridgehead atoms. The van der Waals surface area contributed by atoms with Crippen molar-refractivity contribution < 1.29 is 19.1 Å². The van der Waals surface area contributed by atoms with Gasteiger partial charge >= 0.3 is 0 Å². The number of rotatable bonds is 4. The Hall–Kier alpha value is -2.64. The maximum atomic E-state index is 11.7. The number of amides is 1. The summed E-state index contributed by atoms with van der Waals surface area (Å²) >= 11 is 10.9. The first-order chi connectivity index (χ1) is 11.0. The van der Waals surface area contributed by atoms with Crippen molar-refractivity contribution >= 4 is 52.6 Å². The van der Waals surface area contributed by atoms with Crippen molar-refractivity contribution in [2.75, 3.05) is 5.32 Å². The van der Waals surface area contributed by atoms with Gasteiger partial charge in [0.15, 0.2) is 5.11 Å². The highest BCUT2D eigenvalue weighted by Gasteiger charge is 2.07. The summed E-state index contributed by atoms with van der Waals surface area (Å²) in [6, 6.07) is 7.32. The lowest BCUT2D eigenvalue weighted by atomic mass is 10.2. The lowest BCUT2D eigenvalue weighted by molar-refractivity contribution is -0.255. The standard InChI is InChI=1S/C15H11ClN2O4S/c16-11-5-3-9(14(20)21)8-12(11)17-15(23)18-13(19)6-4-10-2-1-7-22-10/h1-8H,(H,20,21)(H2,17,18,19,23)/p-1/b6-4+. The van der Waals surface area contributed by atoms with Gasteiger partial charge in [-0.25, -0.2) is 0 Å². The number of carboxylic acids is 1. The van der Waals surface area contributed by atoms with E-state index >= 15 is 0 Å². The van der Waals surface area contributed by atoms with Crippen LogP contribution in [0.15, 0.2) is 47.1 Å². The zero-order valence-corrected chi connectivity index (χ0v) is 13.1. The van der Waals surface area contributed by atoms with Crippen LogP contribution >= 0.6 is 23.8 Å². The van der Waals surface area contributed by atoms with E-state index in [1.165, 1.54) is 36.6 Å². The van der Waals surface area contributed by atoms with E-state index in [0.717, 1.165) is 0 Å². The maximum Gasteiger partial charge on any atom is 0.250 e. The smallest absolute Gasteiger partial charge is 0.250 e. The molecule has 0 aliphatic heterocycles. The van der Waals surface area contributed by atoms with E-state index in [9.17, 15) is 14.7 Å². The van der Waals surface area contributed by atoms with E-state index < -0.39 is 11.9 Å². The zero-order valence-electron chi connectivity index (χ0n) is 11.5. The van der Waals surface area contributed by atoms with E-state index in [0.29, 0.717) is 5.76 Å². The summed E-state index contributed by atoms with van der Waals surface area (Å²) in [6.45, 7) is 0. The van der Waals surface area contributed by atoms with Crippen molar-refractivity contribution in [2.45, 2.75) is 0 Å². The van der Waals surface area contributed by atoms with Crippen molar-refractivity contribution in [3.05, 3.63) is 59.0 Å². The number of carbonyl (C=O) groups is 2. The highest BCUT2D eigenvalue weighted by molar-refractivity contribution is 7.80. The first kappa shape index (κ1) is 16.7. The average molecular weight is 350 g/mol. The van der Waals surface area contributed by atoms with E-state index in [1.807, 2.05) is 0 Å². The van der Waals surface area contributed by atoms with Gasteiger partial charge in [0.05, 0.1) is 22.9 Å². The molecule has 0 radical (unpaired) electrons. The molecular weight excluding hydrogens is 340 g/mol. The van der Waals surface area contributed by atoms with Crippen LogP contribution in [-0.4, -0.2) is 17.0 Å². The number of furan rings is 1. The number of thiocarbonyl (C=S) groups is 1. The Morgan fingerprint density at radius 3 is 2.74 bits per heavy atom. The fourth-order valence-electron chi connectivity index (χ4n) is 1.60. The maximum absolute atomic E-state index is 11.7. The molecule has 23 heavy (non-hydrogen) atoms. The number of carboxylic acid groups (broad SMARTS) is 1. The first-order valence-electron chi connectivity index (χ1n) is 6.30. The zero-order chi connectivity index (χ0) is 16.8. The summed E-state index contributed by atoms with van der Waals surface area (Å²) in [5.74, 6) is -1.31. The van der Waals surface area contributed by atoms with Gasteiger partial charge in [-0.2, -0.15) is 0 Å². The Kier molecular flexibility index (Phi) is 5.51. The molecule has 0 spiro atoms. The molecule has 1 aromatic heterocycles. The van der Waals surface area contributed by atoms with Gasteiger partial charge in [0, 0.05) is 6.08 Å². The second kappa shape index (κ2) is 7.57. The van der Waals surface area contributed by atoms with Crippen LogP contribution in [0.25, 0.3) is 6.08 Å². The molecule has 8 heteroatoms. The van der Waals surface area contributed by atoms with E-state index in [4.69, 9.17) is 28.2 Å². The third kappa shape index (κ3) is 4.94. The van der Waals surface area contributed by atoms with Crippen LogP contribution in [0.3, 0.4) is 0 Å². The Morgan fingerprint density at radius 1 is 1.30 bits per heavy atom. The van der Waals surface area contributed by atoms with Gasteiger partial charge < -0.3 is 19.6 Å². The lowest BCUT2D eigenvalue weighted by Crippen LogP contribution is -2.33. The second-order valence-electron chi connectivity index (χ2n) is 4.27. The van der Waals surface area contributed by atoms with E-state index in [2.05, 4.69) is 10.6 Å². The van der Waals surface area contributed by atoms with Crippen LogP contribution in [-0.2, 0) is 4.79 Å². The highest BCUT2D eigenvalue weighted by atomic mass is 35.5. The van der Waals surface area contributed by atoms with Crippen LogP contribution in [0.5, 0.6) is 0 Å². The molecule has 0 saturated carbocycles. The van der Waals surface area contributed by atoms with Gasteiger partial charge in [-0.3, -0.25) is 10.1 Å². The summed E-state index contributed by atoms with van der Waals surface area (Å²) in [5.41, 5.74) is 0.178. The van der Waals surface area contributed by atoms with Crippen molar-refractivity contribution in [1.82, 2.24) is 5.32 Å². The largest absolute Gasteiger partial charge is 0.545 e. The summed E-state index contributed by atoms with van der Waals surface area (Å²) in [6.07, 6.45) is 4.20. The summed E-state index contributed by atoms with van der Waals surface area (Å²) in [7, 11) is 0. The monoisotopic (exact) mass is 349 g/mol. The van der Waals surface area contributed by atoms with Gasteiger partial charge in [-0.05, 0) is 48.1 Å². The summed E-state index contributed by atoms with van der Waals surface area (Å²) < 4.78 is 5.04. The van der Waals surface area contributed by atoms with Gasteiger partial charge in [0.25, 0.3) is 0 Å². The molecule has 0 saturated heterocycles. The number of hydrogen-bond donors (Lipinski definition) is 2. The van der Waals surface area contributed by atoms with Crippen LogP contribution in [0.1, 0.15) is 16.1 Å². The van der Waals surface area contributed by atoms with Crippen molar-refractivity contribution in [3.8, 4) is 0 Å². The Morgan fingerprint density at radius 2 is 2.09 bits per heavy atom. The van der Waals surface area contributed by atoms with Crippen LogP contribution in [0.2, 0.25) is 5.02 Å².